The Bertz CT molecular complexity index is 562. The summed E-state index contributed by atoms with van der Waals surface area (Å²) in [4.78, 5) is 24.1. The third-order valence-electron chi connectivity index (χ3n) is 3.97. The van der Waals surface area contributed by atoms with E-state index in [1.54, 1.807) is 4.90 Å². The lowest BCUT2D eigenvalue weighted by atomic mass is 9.92. The Morgan fingerprint density at radius 2 is 2.19 bits per heavy atom. The van der Waals surface area contributed by atoms with Crippen molar-refractivity contribution < 1.29 is 19.1 Å². The highest BCUT2D eigenvalue weighted by molar-refractivity contribution is 5.92. The molecule has 0 radical (unpaired) electrons. The second kappa shape index (κ2) is 6.22. The molecule has 1 amide bonds. The molecule has 0 aliphatic carbocycles. The maximum Gasteiger partial charge on any atom is 0.320 e. The van der Waals surface area contributed by atoms with Crippen LogP contribution in [0.25, 0.3) is 0 Å². The number of primary amides is 1. The number of piperidine rings is 1. The molecular formula is C15H19FN2O3. The van der Waals surface area contributed by atoms with Crippen LogP contribution >= 0.6 is 0 Å². The zero-order chi connectivity index (χ0) is 15.6. The van der Waals surface area contributed by atoms with Crippen LogP contribution in [-0.4, -0.2) is 34.5 Å². The predicted molar refractivity (Wildman–Crippen MR) is 75.1 cm³/mol. The number of hydrogen-bond acceptors (Lipinski definition) is 3. The van der Waals surface area contributed by atoms with Crippen molar-refractivity contribution in [1.82, 2.24) is 4.90 Å². The molecule has 1 heterocycles. The number of carboxylic acid groups (broad SMARTS) is 1. The number of aliphatic carboxylic acids is 1. The normalized spacial score (nSPS) is 23.0. The quantitative estimate of drug-likeness (QED) is 0.883. The first kappa shape index (κ1) is 15.4. The summed E-state index contributed by atoms with van der Waals surface area (Å²) >= 11 is 0. The molecule has 1 saturated heterocycles. The van der Waals surface area contributed by atoms with Gasteiger partial charge in [-0.1, -0.05) is 13.0 Å². The Morgan fingerprint density at radius 1 is 1.48 bits per heavy atom. The molecule has 1 fully saturated rings. The molecule has 0 spiro atoms. The molecule has 2 atom stereocenters. The molecule has 114 valence electrons. The molecule has 2 unspecified atom stereocenters. The van der Waals surface area contributed by atoms with Gasteiger partial charge in [-0.3, -0.25) is 14.5 Å². The molecule has 0 bridgehead atoms. The van der Waals surface area contributed by atoms with Crippen molar-refractivity contribution in [3.05, 3.63) is 35.1 Å². The van der Waals surface area contributed by atoms with Gasteiger partial charge in [0.05, 0.1) is 0 Å². The molecule has 1 aromatic rings. The standard InChI is InChI=1S/C15H19FN2O3/c1-9-4-5-18(13(6-9)15(20)21)8-11-3-2-10(14(17)19)7-12(11)16/h2-3,7,9,13H,4-6,8H2,1H3,(H2,17,19)(H,20,21). The molecule has 2 rings (SSSR count). The minimum atomic E-state index is -0.879. The Morgan fingerprint density at radius 3 is 2.76 bits per heavy atom. The number of carboxylic acids is 1. The van der Waals surface area contributed by atoms with Crippen LogP contribution < -0.4 is 5.73 Å². The number of rotatable bonds is 4. The van der Waals surface area contributed by atoms with Crippen LogP contribution in [0.15, 0.2) is 18.2 Å². The van der Waals surface area contributed by atoms with Gasteiger partial charge in [-0.25, -0.2) is 4.39 Å². The Hall–Kier alpha value is -1.95. The van der Waals surface area contributed by atoms with E-state index in [2.05, 4.69) is 0 Å². The average molecular weight is 294 g/mol. The Kier molecular flexibility index (Phi) is 4.57. The molecule has 6 heteroatoms. The van der Waals surface area contributed by atoms with Crippen molar-refractivity contribution in [2.45, 2.75) is 32.4 Å². The van der Waals surface area contributed by atoms with Gasteiger partial charge in [0.1, 0.15) is 11.9 Å². The number of likely N-dealkylation sites (tertiary alicyclic amines) is 1. The molecule has 1 aliphatic rings. The van der Waals surface area contributed by atoms with Gasteiger partial charge < -0.3 is 10.8 Å². The van der Waals surface area contributed by atoms with Gasteiger partial charge in [0.15, 0.2) is 0 Å². The van der Waals surface area contributed by atoms with Crippen LogP contribution in [0.1, 0.15) is 35.7 Å². The minimum absolute atomic E-state index is 0.110. The third-order valence-corrected chi connectivity index (χ3v) is 3.97. The number of amides is 1. The Labute approximate surface area is 122 Å². The summed E-state index contributed by atoms with van der Waals surface area (Å²) in [5.74, 6) is -1.75. The fraction of sp³-hybridized carbons (Fsp3) is 0.467. The first-order chi connectivity index (χ1) is 9.88. The monoisotopic (exact) mass is 294 g/mol. The summed E-state index contributed by atoms with van der Waals surface area (Å²) in [6, 6.07) is 3.46. The van der Waals surface area contributed by atoms with Crippen molar-refractivity contribution in [2.75, 3.05) is 6.54 Å². The zero-order valence-corrected chi connectivity index (χ0v) is 11.9. The lowest BCUT2D eigenvalue weighted by Crippen LogP contribution is -2.46. The van der Waals surface area contributed by atoms with Crippen molar-refractivity contribution in [2.24, 2.45) is 11.7 Å². The summed E-state index contributed by atoms with van der Waals surface area (Å²) in [6.07, 6.45) is 1.46. The number of carbonyl (C=O) groups excluding carboxylic acids is 1. The lowest BCUT2D eigenvalue weighted by molar-refractivity contribution is -0.145. The second-order valence-corrected chi connectivity index (χ2v) is 5.62. The van der Waals surface area contributed by atoms with E-state index >= 15 is 0 Å². The van der Waals surface area contributed by atoms with Gasteiger partial charge >= 0.3 is 5.97 Å². The van der Waals surface area contributed by atoms with Crippen molar-refractivity contribution in [3.8, 4) is 0 Å². The first-order valence-electron chi connectivity index (χ1n) is 6.93. The van der Waals surface area contributed by atoms with Crippen LogP contribution in [0.4, 0.5) is 4.39 Å². The highest BCUT2D eigenvalue weighted by atomic mass is 19.1. The average Bonchev–Trinajstić information content (AvgIpc) is 2.42. The van der Waals surface area contributed by atoms with E-state index in [0.29, 0.717) is 24.4 Å². The summed E-state index contributed by atoms with van der Waals surface area (Å²) < 4.78 is 14.0. The Balaban J connectivity index is 2.16. The number of carbonyl (C=O) groups is 2. The van der Waals surface area contributed by atoms with Crippen LogP contribution in [0.2, 0.25) is 0 Å². The number of nitrogens with two attached hydrogens (primary N) is 1. The van der Waals surface area contributed by atoms with E-state index in [-0.39, 0.29) is 12.1 Å². The van der Waals surface area contributed by atoms with Crippen LogP contribution in [0.3, 0.4) is 0 Å². The molecule has 0 saturated carbocycles. The van der Waals surface area contributed by atoms with E-state index in [9.17, 15) is 19.1 Å². The van der Waals surface area contributed by atoms with Crippen LogP contribution in [-0.2, 0) is 11.3 Å². The smallest absolute Gasteiger partial charge is 0.320 e. The molecule has 1 aliphatic heterocycles. The van der Waals surface area contributed by atoms with Crippen LogP contribution in [0, 0.1) is 11.7 Å². The summed E-state index contributed by atoms with van der Waals surface area (Å²) in [5, 5.41) is 9.29. The van der Waals surface area contributed by atoms with E-state index in [1.165, 1.54) is 12.1 Å². The maximum absolute atomic E-state index is 14.0. The van der Waals surface area contributed by atoms with Gasteiger partial charge in [-0.15, -0.1) is 0 Å². The van der Waals surface area contributed by atoms with Gasteiger partial charge in [-0.2, -0.15) is 0 Å². The van der Waals surface area contributed by atoms with Crippen LogP contribution in [0.5, 0.6) is 0 Å². The van der Waals surface area contributed by atoms with E-state index in [4.69, 9.17) is 5.73 Å². The molecule has 5 nitrogen and oxygen atoms in total. The highest BCUT2D eigenvalue weighted by Crippen LogP contribution is 2.25. The van der Waals surface area contributed by atoms with Gasteiger partial charge in [-0.05, 0) is 37.4 Å². The largest absolute Gasteiger partial charge is 0.480 e. The highest BCUT2D eigenvalue weighted by Gasteiger charge is 2.31. The molecule has 3 N–H and O–H groups in total. The number of halogens is 1. The zero-order valence-electron chi connectivity index (χ0n) is 11.9. The summed E-state index contributed by atoms with van der Waals surface area (Å²) in [6.45, 7) is 2.86. The number of hydrogen-bond donors (Lipinski definition) is 2. The van der Waals surface area contributed by atoms with Gasteiger partial charge in [0.2, 0.25) is 5.91 Å². The minimum Gasteiger partial charge on any atom is -0.480 e. The maximum atomic E-state index is 14.0. The number of nitrogens with zero attached hydrogens (tertiary/aromatic N) is 1. The molecular weight excluding hydrogens is 275 g/mol. The van der Waals surface area contributed by atoms with E-state index in [1.807, 2.05) is 6.92 Å². The predicted octanol–water partition coefficient (Wildman–Crippen LogP) is 1.61. The summed E-state index contributed by atoms with van der Waals surface area (Å²) in [7, 11) is 0. The fourth-order valence-electron chi connectivity index (χ4n) is 2.68. The van der Waals surface area contributed by atoms with Crippen molar-refractivity contribution in [3.63, 3.8) is 0 Å². The second-order valence-electron chi connectivity index (χ2n) is 5.62. The topological polar surface area (TPSA) is 83.6 Å². The number of benzene rings is 1. The fourth-order valence-corrected chi connectivity index (χ4v) is 2.68. The van der Waals surface area contributed by atoms with E-state index in [0.717, 1.165) is 12.5 Å². The van der Waals surface area contributed by atoms with Crippen molar-refractivity contribution >= 4 is 11.9 Å². The van der Waals surface area contributed by atoms with Gasteiger partial charge in [0.25, 0.3) is 0 Å². The SMILES string of the molecule is CC1CCN(Cc2ccc(C(N)=O)cc2F)C(C(=O)O)C1. The van der Waals surface area contributed by atoms with Gasteiger partial charge in [0, 0.05) is 17.7 Å². The van der Waals surface area contributed by atoms with Crippen molar-refractivity contribution in [1.29, 1.82) is 0 Å². The summed E-state index contributed by atoms with van der Waals surface area (Å²) in [5.41, 5.74) is 5.59. The molecule has 0 aromatic heterocycles. The lowest BCUT2D eigenvalue weighted by Gasteiger charge is -2.36. The molecule has 1 aromatic carbocycles. The molecule has 21 heavy (non-hydrogen) atoms. The first-order valence-corrected chi connectivity index (χ1v) is 6.93. The third kappa shape index (κ3) is 3.58. The van der Waals surface area contributed by atoms with E-state index < -0.39 is 23.7 Å².